The molecule has 3 aliphatic rings. The van der Waals surface area contributed by atoms with Gasteiger partial charge >= 0.3 is 5.97 Å². The van der Waals surface area contributed by atoms with Crippen LogP contribution < -0.4 is 10.2 Å². The van der Waals surface area contributed by atoms with E-state index in [4.69, 9.17) is 25.8 Å². The van der Waals surface area contributed by atoms with E-state index in [1.54, 1.807) is 60.7 Å². The lowest BCUT2D eigenvalue weighted by atomic mass is 9.70. The second-order valence-corrected chi connectivity index (χ2v) is 13.0. The van der Waals surface area contributed by atoms with Crippen molar-refractivity contribution in [2.24, 2.45) is 11.8 Å². The number of hydrogen-bond donors (Lipinski definition) is 2. The maximum Gasteiger partial charge on any atom is 0.313 e. The zero-order valence-corrected chi connectivity index (χ0v) is 28.4. The second-order valence-electron chi connectivity index (χ2n) is 12.6. The lowest BCUT2D eigenvalue weighted by molar-refractivity contribution is -0.163. The van der Waals surface area contributed by atoms with Gasteiger partial charge in [0.2, 0.25) is 11.8 Å². The van der Waals surface area contributed by atoms with Crippen molar-refractivity contribution in [2.75, 3.05) is 38.3 Å². The van der Waals surface area contributed by atoms with Crippen LogP contribution in [0.4, 0.5) is 5.69 Å². The van der Waals surface area contributed by atoms with E-state index in [9.17, 15) is 24.3 Å². The van der Waals surface area contributed by atoms with Crippen LogP contribution in [-0.2, 0) is 33.4 Å². The number of anilines is 1. The van der Waals surface area contributed by atoms with Crippen molar-refractivity contribution >= 4 is 41.0 Å². The zero-order valence-electron chi connectivity index (χ0n) is 27.7. The van der Waals surface area contributed by atoms with E-state index < -0.39 is 59.5 Å². The Labute approximate surface area is 291 Å². The summed E-state index contributed by atoms with van der Waals surface area (Å²) < 4.78 is 18.3. The van der Waals surface area contributed by atoms with E-state index in [1.165, 1.54) is 16.9 Å². The van der Waals surface area contributed by atoms with Gasteiger partial charge in [-0.1, -0.05) is 66.2 Å². The normalized spacial score (nSPS) is 25.0. The standard InChI is InChI=1S/C37H44ClN3O8/c1-4-6-17-29(43)39-26(23-47-3)32(24-13-8-7-9-14-24)48-36(46)30-28-18-19-37(49-28)31(30)34(44)41(21-12-22-42)33(37)35(45)40(20-5-2)27-16-11-10-15-25(27)38/h4-5,7-11,13-16,26,28,30-33,42H,1-2,6,12,17-23H2,3H3,(H,39,43)/t26-,28-,30+,31+,32-,33-,37+/m0/s1. The topological polar surface area (TPSA) is 135 Å². The molecule has 5 rings (SSSR count). The predicted octanol–water partition coefficient (Wildman–Crippen LogP) is 4.00. The number of aliphatic hydroxyl groups is 1. The average molecular weight is 694 g/mol. The molecule has 49 heavy (non-hydrogen) atoms. The van der Waals surface area contributed by atoms with Crippen LogP contribution in [0.15, 0.2) is 79.9 Å². The highest BCUT2D eigenvalue weighted by atomic mass is 35.5. The monoisotopic (exact) mass is 693 g/mol. The number of ether oxygens (including phenoxy) is 3. The quantitative estimate of drug-likeness (QED) is 0.188. The van der Waals surface area contributed by atoms with Gasteiger partial charge in [0, 0.05) is 33.2 Å². The van der Waals surface area contributed by atoms with Crippen molar-refractivity contribution in [3.8, 4) is 0 Å². The molecule has 0 aromatic heterocycles. The SMILES string of the molecule is C=CCCC(=O)N[C@@H](COC)[C@@H](OC(=O)[C@@H]1[C@@H]2CC[C@]3(O2)[C@H](C(=O)N(CC=C)c2ccccc2Cl)N(CCCO)C(=O)[C@@H]13)c1ccccc1. The fourth-order valence-electron chi connectivity index (χ4n) is 7.56. The third-order valence-electron chi connectivity index (χ3n) is 9.59. The highest BCUT2D eigenvalue weighted by Gasteiger charge is 2.75. The Bertz CT molecular complexity index is 1540. The molecule has 262 valence electrons. The molecule has 11 nitrogen and oxygen atoms in total. The average Bonchev–Trinajstić information content (AvgIpc) is 3.75. The van der Waals surface area contributed by atoms with E-state index in [0.29, 0.717) is 35.5 Å². The maximum atomic E-state index is 14.6. The fourth-order valence-corrected chi connectivity index (χ4v) is 7.80. The molecule has 1 spiro atoms. The Morgan fingerprint density at radius 3 is 2.57 bits per heavy atom. The number of nitrogens with zero attached hydrogens (tertiary/aromatic N) is 2. The first-order valence-corrected chi connectivity index (χ1v) is 17.0. The molecule has 12 heteroatoms. The fraction of sp³-hybridized carbons (Fsp3) is 0.459. The van der Waals surface area contributed by atoms with Crippen molar-refractivity contribution in [2.45, 2.75) is 62.0 Å². The number of fused-ring (bicyclic) bond motifs is 1. The van der Waals surface area contributed by atoms with Crippen LogP contribution in [-0.4, -0.2) is 90.9 Å². The largest absolute Gasteiger partial charge is 0.455 e. The minimum Gasteiger partial charge on any atom is -0.455 e. The number of para-hydroxylation sites is 1. The van der Waals surface area contributed by atoms with Crippen molar-refractivity contribution in [3.63, 3.8) is 0 Å². The van der Waals surface area contributed by atoms with Gasteiger partial charge in [0.1, 0.15) is 17.7 Å². The summed E-state index contributed by atoms with van der Waals surface area (Å²) in [7, 11) is 1.49. The molecule has 3 aliphatic heterocycles. The molecule has 0 aliphatic carbocycles. The first kappa shape index (κ1) is 36.3. The molecule has 2 N–H and O–H groups in total. The minimum atomic E-state index is -1.30. The van der Waals surface area contributed by atoms with Crippen LogP contribution in [0.5, 0.6) is 0 Å². The molecule has 2 bridgehead atoms. The number of nitrogens with one attached hydrogen (secondary N) is 1. The summed E-state index contributed by atoms with van der Waals surface area (Å²) in [5.74, 6) is -3.74. The Morgan fingerprint density at radius 2 is 1.90 bits per heavy atom. The number of carbonyl (C=O) groups excluding carboxylic acids is 4. The van der Waals surface area contributed by atoms with Gasteiger partial charge in [0.15, 0.2) is 0 Å². The zero-order chi connectivity index (χ0) is 35.1. The molecule has 0 radical (unpaired) electrons. The summed E-state index contributed by atoms with van der Waals surface area (Å²) in [4.78, 5) is 59.1. The number of amides is 3. The minimum absolute atomic E-state index is 0.0518. The molecule has 0 unspecified atom stereocenters. The predicted molar refractivity (Wildman–Crippen MR) is 184 cm³/mol. The molecule has 3 saturated heterocycles. The summed E-state index contributed by atoms with van der Waals surface area (Å²) in [6.07, 6.45) is 3.33. The lowest BCUT2D eigenvalue weighted by Gasteiger charge is -2.37. The third-order valence-corrected chi connectivity index (χ3v) is 9.91. The van der Waals surface area contributed by atoms with Crippen molar-refractivity contribution < 1.29 is 38.5 Å². The van der Waals surface area contributed by atoms with Crippen molar-refractivity contribution in [1.29, 1.82) is 0 Å². The van der Waals surface area contributed by atoms with E-state index in [0.717, 1.165) is 0 Å². The van der Waals surface area contributed by atoms with E-state index in [-0.39, 0.29) is 45.1 Å². The molecule has 2 aromatic rings. The number of halogens is 1. The van der Waals surface area contributed by atoms with Crippen molar-refractivity contribution in [1.82, 2.24) is 10.2 Å². The molecule has 7 atom stereocenters. The van der Waals surface area contributed by atoms with Crippen LogP contribution in [0.2, 0.25) is 5.02 Å². The first-order valence-electron chi connectivity index (χ1n) is 16.6. The number of carbonyl (C=O) groups is 4. The third kappa shape index (κ3) is 7.17. The number of rotatable bonds is 17. The summed E-state index contributed by atoms with van der Waals surface area (Å²) in [6, 6.07) is 14.1. The van der Waals surface area contributed by atoms with Crippen molar-refractivity contribution in [3.05, 3.63) is 90.5 Å². The van der Waals surface area contributed by atoms with Gasteiger partial charge in [-0.15, -0.1) is 13.2 Å². The van der Waals surface area contributed by atoms with Crippen LogP contribution in [0.3, 0.4) is 0 Å². The molecular weight excluding hydrogens is 650 g/mol. The Kier molecular flexibility index (Phi) is 11.9. The molecule has 3 heterocycles. The number of allylic oxidation sites excluding steroid dienone is 1. The van der Waals surface area contributed by atoms with Crippen LogP contribution >= 0.6 is 11.6 Å². The number of aliphatic hydroxyl groups excluding tert-OH is 1. The number of methoxy groups -OCH3 is 1. The highest BCUT2D eigenvalue weighted by Crippen LogP contribution is 2.59. The molecule has 3 fully saturated rings. The summed E-state index contributed by atoms with van der Waals surface area (Å²) in [5, 5.41) is 13.0. The lowest BCUT2D eigenvalue weighted by Crippen LogP contribution is -2.56. The molecule has 2 aromatic carbocycles. The van der Waals surface area contributed by atoms with Gasteiger partial charge in [-0.3, -0.25) is 19.2 Å². The molecule has 0 saturated carbocycles. The van der Waals surface area contributed by atoms with Gasteiger partial charge in [-0.25, -0.2) is 0 Å². The Morgan fingerprint density at radius 1 is 1.16 bits per heavy atom. The van der Waals surface area contributed by atoms with Gasteiger partial charge in [0.05, 0.1) is 41.3 Å². The van der Waals surface area contributed by atoms with Gasteiger partial charge in [0.25, 0.3) is 5.91 Å². The highest BCUT2D eigenvalue weighted by molar-refractivity contribution is 6.34. The number of benzene rings is 2. The first-order chi connectivity index (χ1) is 23.7. The number of likely N-dealkylation sites (tertiary alicyclic amines) is 1. The van der Waals surface area contributed by atoms with Gasteiger partial charge in [-0.05, 0) is 43.4 Å². The summed E-state index contributed by atoms with van der Waals surface area (Å²) in [5.41, 5.74) is -0.209. The van der Waals surface area contributed by atoms with E-state index >= 15 is 0 Å². The second kappa shape index (κ2) is 16.1. The number of esters is 1. The van der Waals surface area contributed by atoms with Crippen LogP contribution in [0.25, 0.3) is 0 Å². The summed E-state index contributed by atoms with van der Waals surface area (Å²) >= 11 is 6.54. The Balaban J connectivity index is 1.49. The molecule has 3 amide bonds. The van der Waals surface area contributed by atoms with E-state index in [1.807, 2.05) is 6.07 Å². The smallest absolute Gasteiger partial charge is 0.313 e. The van der Waals surface area contributed by atoms with E-state index in [2.05, 4.69) is 18.5 Å². The van der Waals surface area contributed by atoms with Gasteiger partial charge in [-0.2, -0.15) is 0 Å². The van der Waals surface area contributed by atoms with Gasteiger partial charge < -0.3 is 34.4 Å². The maximum absolute atomic E-state index is 14.6. The molecular formula is C37H44ClN3O8. The van der Waals surface area contributed by atoms with Crippen LogP contribution in [0.1, 0.15) is 43.8 Å². The Hall–Kier alpha value is -4.03. The van der Waals surface area contributed by atoms with Crippen LogP contribution in [0, 0.1) is 11.8 Å². The summed E-state index contributed by atoms with van der Waals surface area (Å²) in [6.45, 7) is 7.56. The number of hydrogen-bond acceptors (Lipinski definition) is 8.